The highest BCUT2D eigenvalue weighted by molar-refractivity contribution is 6.03. The first-order valence-electron chi connectivity index (χ1n) is 12.0. The molecule has 6 rings (SSSR count). The monoisotopic (exact) mass is 409 g/mol. The fourth-order valence-corrected chi connectivity index (χ4v) is 6.66. The minimum Gasteiger partial charge on any atom is -0.345 e. The molecule has 2 aromatic carbocycles. The minimum absolute atomic E-state index is 0.840. The van der Waals surface area contributed by atoms with E-state index in [1.54, 1.807) is 11.1 Å². The molecule has 0 amide bonds. The van der Waals surface area contributed by atoms with Gasteiger partial charge >= 0.3 is 0 Å². The van der Waals surface area contributed by atoms with Crippen LogP contribution < -0.4 is 4.57 Å². The first kappa shape index (κ1) is 19.1. The van der Waals surface area contributed by atoms with Crippen LogP contribution in [0.3, 0.4) is 0 Å². The molecule has 0 spiro atoms. The van der Waals surface area contributed by atoms with Gasteiger partial charge in [0.1, 0.15) is 12.6 Å². The maximum atomic E-state index is 2.49. The number of nitrogens with zero attached hydrogens (tertiary/aromatic N) is 2. The molecule has 0 radical (unpaired) electrons. The highest BCUT2D eigenvalue weighted by atomic mass is 15.0. The van der Waals surface area contributed by atoms with E-state index in [0.717, 1.165) is 12.3 Å². The fourth-order valence-electron chi connectivity index (χ4n) is 6.66. The van der Waals surface area contributed by atoms with Gasteiger partial charge in [0, 0.05) is 31.3 Å². The largest absolute Gasteiger partial charge is 0.345 e. The molecule has 0 atom stereocenters. The van der Waals surface area contributed by atoms with Gasteiger partial charge in [0.15, 0.2) is 0 Å². The molecule has 0 bridgehead atoms. The van der Waals surface area contributed by atoms with E-state index >= 15 is 0 Å². The highest BCUT2D eigenvalue weighted by Crippen LogP contribution is 2.45. The quantitative estimate of drug-likeness (QED) is 0.299. The summed E-state index contributed by atoms with van der Waals surface area (Å²) in [5.41, 5.74) is 14.7. The molecule has 1 fully saturated rings. The summed E-state index contributed by atoms with van der Waals surface area (Å²) in [7, 11) is 4.51. The topological polar surface area (TPSA) is 8.81 Å². The molecule has 1 saturated carbocycles. The van der Waals surface area contributed by atoms with Crippen LogP contribution in [0.4, 0.5) is 0 Å². The van der Waals surface area contributed by atoms with E-state index in [9.17, 15) is 0 Å². The summed E-state index contributed by atoms with van der Waals surface area (Å²) in [6.45, 7) is 6.86. The molecular formula is C29H33N2+. The third-order valence-electron chi connectivity index (χ3n) is 8.24. The molecule has 2 nitrogen and oxygen atoms in total. The lowest BCUT2D eigenvalue weighted by atomic mass is 9.79. The summed E-state index contributed by atoms with van der Waals surface area (Å²) in [5, 5.41) is 2.89. The second kappa shape index (κ2) is 6.69. The van der Waals surface area contributed by atoms with E-state index in [-0.39, 0.29) is 0 Å². The molecule has 2 aromatic heterocycles. The zero-order valence-electron chi connectivity index (χ0n) is 19.6. The maximum absolute atomic E-state index is 2.49. The van der Waals surface area contributed by atoms with Gasteiger partial charge in [0.05, 0.1) is 5.56 Å². The Kier molecular flexibility index (Phi) is 4.12. The molecule has 0 aliphatic heterocycles. The van der Waals surface area contributed by atoms with Crippen LogP contribution in [-0.4, -0.2) is 4.57 Å². The van der Waals surface area contributed by atoms with Gasteiger partial charge in [-0.3, -0.25) is 0 Å². The van der Waals surface area contributed by atoms with Gasteiger partial charge < -0.3 is 4.57 Å². The van der Waals surface area contributed by atoms with Crippen LogP contribution in [-0.2, 0) is 26.9 Å². The summed E-state index contributed by atoms with van der Waals surface area (Å²) >= 11 is 0. The molecule has 2 heterocycles. The van der Waals surface area contributed by atoms with Crippen LogP contribution >= 0.6 is 0 Å². The molecule has 0 unspecified atom stereocenters. The maximum Gasteiger partial charge on any atom is 0.231 e. The van der Waals surface area contributed by atoms with Crippen LogP contribution in [0.2, 0.25) is 0 Å². The molecule has 0 saturated heterocycles. The smallest absolute Gasteiger partial charge is 0.231 e. The average molecular weight is 410 g/mol. The molecule has 2 aliphatic carbocycles. The predicted octanol–water partition coefficient (Wildman–Crippen LogP) is 6.39. The minimum atomic E-state index is 0.840. The van der Waals surface area contributed by atoms with Gasteiger partial charge in [-0.25, -0.2) is 0 Å². The van der Waals surface area contributed by atoms with Gasteiger partial charge in [-0.15, -0.1) is 0 Å². The second-order valence-corrected chi connectivity index (χ2v) is 10.3. The number of fused-ring (bicyclic) bond motifs is 3. The Morgan fingerprint density at radius 2 is 1.84 bits per heavy atom. The van der Waals surface area contributed by atoms with Gasteiger partial charge in [-0.2, -0.15) is 4.57 Å². The number of rotatable bonds is 2. The Labute approximate surface area is 185 Å². The molecule has 2 heteroatoms. The first-order valence-corrected chi connectivity index (χ1v) is 12.0. The Bertz CT molecular complexity index is 1380. The standard InChI is InChI=1S/C29H33N2/c1-17-12-21-14-18(2)19(3)26-27(21)22(13-17)16-24-23(15-20-8-6-7-9-20)28-25(10-11-30(28)4)31(5)29(24)26/h10-14,20H,6-9,15-16H2,1-5H3/q+1. The highest BCUT2D eigenvalue weighted by Gasteiger charge is 2.34. The summed E-state index contributed by atoms with van der Waals surface area (Å²) in [4.78, 5) is 0. The summed E-state index contributed by atoms with van der Waals surface area (Å²) in [6, 6.07) is 9.54. The van der Waals surface area contributed by atoms with Crippen molar-refractivity contribution < 1.29 is 4.57 Å². The molecule has 2 aliphatic rings. The summed E-state index contributed by atoms with van der Waals surface area (Å²) in [5.74, 6) is 0.840. The average Bonchev–Trinajstić information content (AvgIpc) is 3.38. The second-order valence-electron chi connectivity index (χ2n) is 10.3. The third kappa shape index (κ3) is 2.67. The first-order chi connectivity index (χ1) is 14.9. The molecule has 4 aromatic rings. The number of pyridine rings is 1. The van der Waals surface area contributed by atoms with Crippen molar-refractivity contribution >= 4 is 21.8 Å². The van der Waals surface area contributed by atoms with E-state index in [1.807, 2.05) is 0 Å². The van der Waals surface area contributed by atoms with Crippen LogP contribution in [0.25, 0.3) is 33.1 Å². The number of aromatic nitrogens is 2. The van der Waals surface area contributed by atoms with Gasteiger partial charge in [0.25, 0.3) is 0 Å². The summed E-state index contributed by atoms with van der Waals surface area (Å²) in [6.07, 6.45) is 10.1. The van der Waals surface area contributed by atoms with Crippen molar-refractivity contribution in [2.45, 2.75) is 59.3 Å². The van der Waals surface area contributed by atoms with Crippen LogP contribution in [0.15, 0.2) is 30.5 Å². The van der Waals surface area contributed by atoms with E-state index in [2.05, 4.69) is 74.5 Å². The van der Waals surface area contributed by atoms with Gasteiger partial charge in [-0.05, 0) is 66.1 Å². The summed E-state index contributed by atoms with van der Waals surface area (Å²) < 4.78 is 4.86. The lowest BCUT2D eigenvalue weighted by molar-refractivity contribution is -0.633. The normalized spacial score (nSPS) is 15.9. The predicted molar refractivity (Wildman–Crippen MR) is 130 cm³/mol. The Balaban J connectivity index is 1.76. The zero-order valence-corrected chi connectivity index (χ0v) is 19.6. The Hall–Kier alpha value is -2.61. The van der Waals surface area contributed by atoms with Crippen molar-refractivity contribution in [2.24, 2.45) is 20.0 Å². The number of hydrogen-bond donors (Lipinski definition) is 0. The van der Waals surface area contributed by atoms with Crippen LogP contribution in [0.1, 0.15) is 59.1 Å². The van der Waals surface area contributed by atoms with Crippen molar-refractivity contribution in [3.05, 3.63) is 63.8 Å². The van der Waals surface area contributed by atoms with Crippen molar-refractivity contribution in [3.63, 3.8) is 0 Å². The number of aryl methyl sites for hydroxylation is 4. The fraction of sp³-hybridized carbons (Fsp3) is 0.414. The number of hydrogen-bond acceptors (Lipinski definition) is 0. The molecule has 0 N–H and O–H groups in total. The van der Waals surface area contributed by atoms with Crippen molar-refractivity contribution in [2.75, 3.05) is 0 Å². The van der Waals surface area contributed by atoms with Crippen molar-refractivity contribution in [3.8, 4) is 11.3 Å². The molecule has 31 heavy (non-hydrogen) atoms. The molecular weight excluding hydrogens is 376 g/mol. The van der Waals surface area contributed by atoms with E-state index in [1.165, 1.54) is 87.4 Å². The van der Waals surface area contributed by atoms with E-state index in [0.29, 0.717) is 0 Å². The Morgan fingerprint density at radius 1 is 1.06 bits per heavy atom. The van der Waals surface area contributed by atoms with Gasteiger partial charge in [-0.1, -0.05) is 49.4 Å². The van der Waals surface area contributed by atoms with Crippen LogP contribution in [0, 0.1) is 26.7 Å². The lowest BCUT2D eigenvalue weighted by Gasteiger charge is -2.25. The van der Waals surface area contributed by atoms with E-state index in [4.69, 9.17) is 0 Å². The zero-order chi connectivity index (χ0) is 21.4. The van der Waals surface area contributed by atoms with Crippen molar-refractivity contribution in [1.29, 1.82) is 0 Å². The van der Waals surface area contributed by atoms with E-state index < -0.39 is 0 Å². The van der Waals surface area contributed by atoms with Crippen LogP contribution in [0.5, 0.6) is 0 Å². The van der Waals surface area contributed by atoms with Crippen molar-refractivity contribution in [1.82, 2.24) is 4.57 Å². The third-order valence-corrected chi connectivity index (χ3v) is 8.24. The Morgan fingerprint density at radius 3 is 2.61 bits per heavy atom. The lowest BCUT2D eigenvalue weighted by Crippen LogP contribution is -2.36. The van der Waals surface area contributed by atoms with Gasteiger partial charge in [0.2, 0.25) is 11.2 Å². The SMILES string of the molecule is Cc1cc2c3c(c(C)c(C)cc3c1)-c1c(c(CC3CCCC3)c3c(ccn3C)[n+]1C)C2. The number of benzene rings is 2. The molecule has 158 valence electrons.